The lowest BCUT2D eigenvalue weighted by molar-refractivity contribution is -0.349. The van der Waals surface area contributed by atoms with Crippen molar-refractivity contribution in [2.75, 3.05) is 19.8 Å². The Hall–Kier alpha value is -6.93. The lowest BCUT2D eigenvalue weighted by atomic mass is 9.84. The number of esters is 2. The van der Waals surface area contributed by atoms with Crippen LogP contribution in [0.1, 0.15) is 40.2 Å². The largest absolute Gasteiger partial charge is 0.504 e. The maximum atomic E-state index is 13.6. The molecule has 14 N–H and O–H groups in total. The lowest BCUT2D eigenvalue weighted by Gasteiger charge is -2.45. The minimum absolute atomic E-state index is 0.0811. The van der Waals surface area contributed by atoms with Gasteiger partial charge in [0.25, 0.3) is 0 Å². The Morgan fingerprint density at radius 1 is 0.710 bits per heavy atom. The van der Waals surface area contributed by atoms with Crippen LogP contribution in [0.5, 0.6) is 46.0 Å². The van der Waals surface area contributed by atoms with Crippen LogP contribution in [0.4, 0.5) is 0 Å². The molecule has 372 valence electrons. The molecule has 23 heteroatoms. The fourth-order valence-electron chi connectivity index (χ4n) is 7.60. The van der Waals surface area contributed by atoms with E-state index in [1.165, 1.54) is 24.3 Å². The van der Waals surface area contributed by atoms with Gasteiger partial charge in [0.15, 0.2) is 64.7 Å². The highest BCUT2D eigenvalue weighted by Gasteiger charge is 2.51. The van der Waals surface area contributed by atoms with E-state index >= 15 is 0 Å². The normalized spacial score (nSPS) is 24.6. The van der Waals surface area contributed by atoms with E-state index in [-0.39, 0.29) is 34.2 Å². The molecule has 0 radical (unpaired) electrons. The summed E-state index contributed by atoms with van der Waals surface area (Å²) in [5, 5.41) is 144. The number of carboxylic acids is 1. The smallest absolute Gasteiger partial charge is 0.345 e. The molecule has 69 heavy (non-hydrogen) atoms. The summed E-state index contributed by atoms with van der Waals surface area (Å²) in [6.07, 6.45) is -16.7. The van der Waals surface area contributed by atoms with Crippen LogP contribution < -0.4 is 0 Å². The minimum Gasteiger partial charge on any atom is -0.504 e. The summed E-state index contributed by atoms with van der Waals surface area (Å²) < 4.78 is 33.8. The molecule has 23 nitrogen and oxygen atoms in total. The number of rotatable bonds is 18. The summed E-state index contributed by atoms with van der Waals surface area (Å²) in [6, 6.07) is 12.9. The zero-order valence-corrected chi connectivity index (χ0v) is 36.0. The summed E-state index contributed by atoms with van der Waals surface area (Å²) in [5.74, 6) is -9.40. The molecule has 4 aromatic carbocycles. The summed E-state index contributed by atoms with van der Waals surface area (Å²) in [7, 11) is 0. The van der Waals surface area contributed by atoms with Crippen LogP contribution in [0.15, 0.2) is 72.8 Å². The van der Waals surface area contributed by atoms with Gasteiger partial charge in [-0.15, -0.1) is 0 Å². The molecule has 4 aromatic rings. The van der Waals surface area contributed by atoms with E-state index < -0.39 is 164 Å². The molecule has 11 atom stereocenters. The number of aliphatic hydroxyl groups is 5. The van der Waals surface area contributed by atoms with Crippen molar-refractivity contribution in [1.29, 1.82) is 0 Å². The van der Waals surface area contributed by atoms with Crippen LogP contribution in [0, 0.1) is 0 Å². The maximum absolute atomic E-state index is 13.6. The highest BCUT2D eigenvalue weighted by Crippen LogP contribution is 2.40. The van der Waals surface area contributed by atoms with Gasteiger partial charge < -0.3 is 99.9 Å². The van der Waals surface area contributed by atoms with Crippen LogP contribution in [0.25, 0.3) is 6.08 Å². The molecule has 2 heterocycles. The number of ether oxygens (including phenoxy) is 6. The van der Waals surface area contributed by atoms with Crippen LogP contribution in [0.3, 0.4) is 0 Å². The first-order valence-electron chi connectivity index (χ1n) is 21.0. The summed E-state index contributed by atoms with van der Waals surface area (Å²) in [4.78, 5) is 38.9. The van der Waals surface area contributed by atoms with Crippen LogP contribution >= 0.6 is 0 Å². The molecule has 0 spiro atoms. The van der Waals surface area contributed by atoms with E-state index in [1.807, 2.05) is 0 Å². The highest BCUT2D eigenvalue weighted by molar-refractivity contribution is 5.87. The second-order valence-electron chi connectivity index (χ2n) is 16.1. The third-order valence-electron chi connectivity index (χ3n) is 11.3. The molecule has 0 aliphatic carbocycles. The zero-order chi connectivity index (χ0) is 50.3. The molecule has 2 fully saturated rings. The monoisotopic (exact) mass is 970 g/mol. The van der Waals surface area contributed by atoms with Gasteiger partial charge in [0.2, 0.25) is 6.10 Å². The van der Waals surface area contributed by atoms with Gasteiger partial charge in [0.05, 0.1) is 26.2 Å². The van der Waals surface area contributed by atoms with Gasteiger partial charge in [-0.25, -0.2) is 9.59 Å². The van der Waals surface area contributed by atoms with E-state index in [1.54, 1.807) is 0 Å². The fourth-order valence-corrected chi connectivity index (χ4v) is 7.60. The minimum atomic E-state index is -1.95. The van der Waals surface area contributed by atoms with E-state index in [2.05, 4.69) is 0 Å². The molecule has 0 aromatic heterocycles. The molecule has 2 aliphatic rings. The third-order valence-corrected chi connectivity index (χ3v) is 11.3. The summed E-state index contributed by atoms with van der Waals surface area (Å²) >= 11 is 0. The predicted molar refractivity (Wildman–Crippen MR) is 230 cm³/mol. The summed E-state index contributed by atoms with van der Waals surface area (Å²) in [5.41, 5.74) is 0.792. The van der Waals surface area contributed by atoms with Crippen molar-refractivity contribution in [3.8, 4) is 46.0 Å². The molecule has 11 unspecified atom stereocenters. The number of phenols is 8. The first kappa shape index (κ1) is 51.5. The lowest BCUT2D eigenvalue weighted by Crippen LogP contribution is -2.64. The number of aliphatic hydroxyl groups excluding tert-OH is 5. The first-order chi connectivity index (χ1) is 32.7. The Balaban J connectivity index is 1.24. The van der Waals surface area contributed by atoms with E-state index in [0.29, 0.717) is 0 Å². The third kappa shape index (κ3) is 12.6. The number of carbonyl (C=O) groups is 3. The van der Waals surface area contributed by atoms with Crippen molar-refractivity contribution < 1.29 is 114 Å². The van der Waals surface area contributed by atoms with Crippen molar-refractivity contribution in [1.82, 2.24) is 0 Å². The van der Waals surface area contributed by atoms with Crippen LogP contribution in [0.2, 0.25) is 0 Å². The van der Waals surface area contributed by atoms with Gasteiger partial charge in [-0.05, 0) is 88.8 Å². The number of phenolic OH excluding ortho intramolecular Hbond substituents is 8. The van der Waals surface area contributed by atoms with Crippen molar-refractivity contribution >= 4 is 24.0 Å². The number of hydrogen-bond donors (Lipinski definition) is 14. The van der Waals surface area contributed by atoms with Crippen LogP contribution in [-0.2, 0) is 55.6 Å². The van der Waals surface area contributed by atoms with Crippen molar-refractivity contribution in [2.45, 2.75) is 86.6 Å². The zero-order valence-electron chi connectivity index (χ0n) is 36.0. The average Bonchev–Trinajstić information content (AvgIpc) is 3.30. The van der Waals surface area contributed by atoms with E-state index in [4.69, 9.17) is 28.4 Å². The van der Waals surface area contributed by atoms with Crippen molar-refractivity contribution in [3.05, 3.63) is 101 Å². The number of carboxylic acid groups (broad SMARTS) is 1. The average molecular weight is 971 g/mol. The maximum Gasteiger partial charge on any atom is 0.345 e. The number of aromatic hydroxyl groups is 8. The Morgan fingerprint density at radius 3 is 2.00 bits per heavy atom. The molecular weight excluding hydrogens is 920 g/mol. The van der Waals surface area contributed by atoms with Gasteiger partial charge in [0, 0.05) is 18.4 Å². The number of carbonyl (C=O) groups excluding carboxylic acids is 2. The Bertz CT molecular complexity index is 2490. The Labute approximate surface area is 390 Å². The molecule has 0 saturated carbocycles. The number of aliphatic carboxylic acids is 1. The molecule has 2 aliphatic heterocycles. The standard InChI is InChI=1S/C46H50O23/c47-18-36-42(68-37(57)8-3-20-1-5-26(48)29(51)11-20)43(69-45-40(60)39(59)34(56)19-65-45)41(61)46(67-36)64-10-9-23-15-32(54)33(55)16-24(23)25(22-4-7-28(50)31(53)14-22)17-38(58)66-35(44(62)63)13-21-2-6-27(49)30(52)12-21/h1-8,11-12,14-16,25,34-36,39-43,45-56,59-61H,9-10,13,17-19H2,(H,62,63). The topological polar surface area (TPSA) is 390 Å². The number of hydrogen-bond acceptors (Lipinski definition) is 22. The first-order valence-corrected chi connectivity index (χ1v) is 21.0. The van der Waals surface area contributed by atoms with Gasteiger partial charge in [-0.2, -0.15) is 0 Å². The summed E-state index contributed by atoms with van der Waals surface area (Å²) in [6.45, 7) is -1.88. The molecular formula is C46H50O23. The van der Waals surface area contributed by atoms with Gasteiger partial charge in [-0.1, -0.05) is 18.2 Å². The predicted octanol–water partition coefficient (Wildman–Crippen LogP) is 0.179. The van der Waals surface area contributed by atoms with Crippen molar-refractivity contribution in [3.63, 3.8) is 0 Å². The molecule has 0 amide bonds. The Kier molecular flexibility index (Phi) is 16.7. The van der Waals surface area contributed by atoms with Crippen LogP contribution in [-0.4, -0.2) is 171 Å². The van der Waals surface area contributed by atoms with E-state index in [9.17, 15) is 85.9 Å². The van der Waals surface area contributed by atoms with Crippen molar-refractivity contribution in [2.24, 2.45) is 0 Å². The number of benzene rings is 4. The molecule has 6 rings (SSSR count). The SMILES string of the molecule is O=C(C=Cc1ccc(O)c(O)c1)OC1C(CO)OC(OCCc2cc(O)c(O)cc2C(CC(=O)OC(Cc2ccc(O)c(O)c2)C(=O)O)c2ccc(O)c(O)c2)C(O)C1OC1OCC(O)C(O)C1O. The van der Waals surface area contributed by atoms with Gasteiger partial charge in [-0.3, -0.25) is 4.79 Å². The van der Waals surface area contributed by atoms with Gasteiger partial charge >= 0.3 is 17.9 Å². The molecule has 0 bridgehead atoms. The fraction of sp³-hybridized carbons (Fsp3) is 0.370. The van der Waals surface area contributed by atoms with E-state index in [0.717, 1.165) is 54.6 Å². The second kappa shape index (κ2) is 22.5. The highest BCUT2D eigenvalue weighted by atomic mass is 16.7. The van der Waals surface area contributed by atoms with Gasteiger partial charge in [0.1, 0.15) is 36.6 Å². The Morgan fingerprint density at radius 2 is 1.35 bits per heavy atom. The quantitative estimate of drug-likeness (QED) is 0.0359. The molecule has 2 saturated heterocycles. The second-order valence-corrected chi connectivity index (χ2v) is 16.1.